The molecule has 2 aliphatic rings. The molecule has 0 aromatic heterocycles. The zero-order valence-electron chi connectivity index (χ0n) is 18.3. The van der Waals surface area contributed by atoms with Crippen LogP contribution >= 0.6 is 11.6 Å². The van der Waals surface area contributed by atoms with Crippen LogP contribution in [0.2, 0.25) is 5.02 Å². The number of likely N-dealkylation sites (tertiary alicyclic amines) is 2. The van der Waals surface area contributed by atoms with Crippen LogP contribution in [0.5, 0.6) is 11.5 Å². The fourth-order valence-electron chi connectivity index (χ4n) is 4.89. The SMILES string of the molecule is O=C(c1ccc(Cl)cc1)N1CCC2(CC1)CN(Cc1ccc(F)c(Oc3ccccc3)c1)C2. The van der Waals surface area contributed by atoms with Crippen LogP contribution in [-0.2, 0) is 6.54 Å². The zero-order chi connectivity index (χ0) is 22.8. The van der Waals surface area contributed by atoms with Gasteiger partial charge in [0.15, 0.2) is 11.6 Å². The third-order valence-corrected chi connectivity index (χ3v) is 6.95. The highest BCUT2D eigenvalue weighted by atomic mass is 35.5. The molecule has 0 atom stereocenters. The molecule has 170 valence electrons. The first kappa shape index (κ1) is 21.9. The van der Waals surface area contributed by atoms with Crippen molar-refractivity contribution < 1.29 is 13.9 Å². The Morgan fingerprint density at radius 1 is 0.970 bits per heavy atom. The number of nitrogens with zero attached hydrogens (tertiary/aromatic N) is 2. The van der Waals surface area contributed by atoms with E-state index in [1.54, 1.807) is 30.3 Å². The lowest BCUT2D eigenvalue weighted by Crippen LogP contribution is -2.60. The molecule has 0 radical (unpaired) electrons. The van der Waals surface area contributed by atoms with Crippen LogP contribution in [0.4, 0.5) is 4.39 Å². The fraction of sp³-hybridized carbons (Fsp3) is 0.296. The Hall–Kier alpha value is -2.89. The maximum Gasteiger partial charge on any atom is 0.253 e. The van der Waals surface area contributed by atoms with Gasteiger partial charge in [-0.15, -0.1) is 0 Å². The minimum Gasteiger partial charge on any atom is -0.454 e. The van der Waals surface area contributed by atoms with E-state index in [4.69, 9.17) is 16.3 Å². The van der Waals surface area contributed by atoms with E-state index in [1.807, 2.05) is 41.3 Å². The number of para-hydroxylation sites is 1. The van der Waals surface area contributed by atoms with E-state index in [2.05, 4.69) is 4.90 Å². The molecule has 2 heterocycles. The van der Waals surface area contributed by atoms with Crippen LogP contribution < -0.4 is 4.74 Å². The molecular formula is C27H26ClFN2O2. The normalized spacial score (nSPS) is 17.6. The number of rotatable bonds is 5. The van der Waals surface area contributed by atoms with Gasteiger partial charge in [0, 0.05) is 43.3 Å². The first-order chi connectivity index (χ1) is 16.0. The molecule has 4 nitrogen and oxygen atoms in total. The molecular weight excluding hydrogens is 439 g/mol. The summed E-state index contributed by atoms with van der Waals surface area (Å²) >= 11 is 5.94. The van der Waals surface area contributed by atoms with Gasteiger partial charge in [0.25, 0.3) is 5.91 Å². The Kier molecular flexibility index (Phi) is 6.09. The van der Waals surface area contributed by atoms with Crippen LogP contribution in [-0.4, -0.2) is 41.9 Å². The molecule has 1 amide bonds. The second kappa shape index (κ2) is 9.16. The molecule has 0 N–H and O–H groups in total. The van der Waals surface area contributed by atoms with Crippen LogP contribution in [0, 0.1) is 11.2 Å². The van der Waals surface area contributed by atoms with Crippen molar-refractivity contribution in [1.82, 2.24) is 9.80 Å². The number of benzene rings is 3. The van der Waals surface area contributed by atoms with Crippen LogP contribution in [0.1, 0.15) is 28.8 Å². The summed E-state index contributed by atoms with van der Waals surface area (Å²) in [7, 11) is 0. The third kappa shape index (κ3) is 4.90. The quantitative estimate of drug-likeness (QED) is 0.463. The summed E-state index contributed by atoms with van der Waals surface area (Å²) in [5, 5.41) is 0.638. The number of hydrogen-bond acceptors (Lipinski definition) is 3. The van der Waals surface area contributed by atoms with E-state index in [0.717, 1.165) is 51.1 Å². The lowest BCUT2D eigenvalue weighted by Gasteiger charge is -2.54. The van der Waals surface area contributed by atoms with Gasteiger partial charge >= 0.3 is 0 Å². The third-order valence-electron chi connectivity index (χ3n) is 6.69. The van der Waals surface area contributed by atoms with E-state index >= 15 is 0 Å². The van der Waals surface area contributed by atoms with E-state index in [-0.39, 0.29) is 22.9 Å². The van der Waals surface area contributed by atoms with Gasteiger partial charge in [0.05, 0.1) is 0 Å². The van der Waals surface area contributed by atoms with Gasteiger partial charge in [-0.2, -0.15) is 0 Å². The molecule has 3 aromatic rings. The minimum atomic E-state index is -0.361. The standard InChI is InChI=1S/C27H26ClFN2O2/c28-22-9-7-21(8-10-22)26(32)31-14-12-27(13-15-31)18-30(19-27)17-20-6-11-24(29)25(16-20)33-23-4-2-1-3-5-23/h1-11,16H,12-15,17-19H2. The molecule has 5 rings (SSSR count). The number of hydrogen-bond donors (Lipinski definition) is 0. The van der Waals surface area contributed by atoms with E-state index in [1.165, 1.54) is 6.07 Å². The van der Waals surface area contributed by atoms with Crippen molar-refractivity contribution in [2.45, 2.75) is 19.4 Å². The summed E-state index contributed by atoms with van der Waals surface area (Å²) in [5.74, 6) is 0.592. The van der Waals surface area contributed by atoms with Crippen molar-refractivity contribution in [1.29, 1.82) is 0 Å². The number of piperidine rings is 1. The largest absolute Gasteiger partial charge is 0.454 e. The van der Waals surface area contributed by atoms with E-state index in [9.17, 15) is 9.18 Å². The molecule has 3 aromatic carbocycles. The topological polar surface area (TPSA) is 32.8 Å². The predicted octanol–water partition coefficient (Wildman–Crippen LogP) is 6.01. The van der Waals surface area contributed by atoms with E-state index in [0.29, 0.717) is 16.3 Å². The van der Waals surface area contributed by atoms with Crippen molar-refractivity contribution in [3.63, 3.8) is 0 Å². The van der Waals surface area contributed by atoms with Gasteiger partial charge in [-0.05, 0) is 72.4 Å². The number of halogens is 2. The number of ether oxygens (including phenoxy) is 1. The maximum absolute atomic E-state index is 14.2. The van der Waals surface area contributed by atoms with Gasteiger partial charge in [0.1, 0.15) is 5.75 Å². The Morgan fingerprint density at radius 2 is 1.67 bits per heavy atom. The summed E-state index contributed by atoms with van der Waals surface area (Å²) in [4.78, 5) is 17.1. The monoisotopic (exact) mass is 464 g/mol. The molecule has 2 saturated heterocycles. The van der Waals surface area contributed by atoms with Crippen molar-refractivity contribution in [3.8, 4) is 11.5 Å². The summed E-state index contributed by atoms with van der Waals surface area (Å²) in [6, 6.07) is 21.5. The molecule has 33 heavy (non-hydrogen) atoms. The number of amides is 1. The molecule has 1 spiro atoms. The van der Waals surface area contributed by atoms with Gasteiger partial charge in [0.2, 0.25) is 0 Å². The lowest BCUT2D eigenvalue weighted by atomic mass is 9.72. The number of carbonyl (C=O) groups excluding carboxylic acids is 1. The molecule has 0 bridgehead atoms. The molecule has 2 fully saturated rings. The van der Waals surface area contributed by atoms with Crippen molar-refractivity contribution >= 4 is 17.5 Å². The predicted molar refractivity (Wildman–Crippen MR) is 127 cm³/mol. The summed E-state index contributed by atoms with van der Waals surface area (Å²) < 4.78 is 20.0. The van der Waals surface area contributed by atoms with Gasteiger partial charge < -0.3 is 9.64 Å². The Balaban J connectivity index is 1.14. The van der Waals surface area contributed by atoms with Gasteiger partial charge in [-0.3, -0.25) is 9.69 Å². The van der Waals surface area contributed by atoms with E-state index < -0.39 is 0 Å². The van der Waals surface area contributed by atoms with Crippen molar-refractivity contribution in [2.24, 2.45) is 5.41 Å². The second-order valence-corrected chi connectivity index (χ2v) is 9.56. The molecule has 0 aliphatic carbocycles. The highest BCUT2D eigenvalue weighted by molar-refractivity contribution is 6.30. The summed E-state index contributed by atoms with van der Waals surface area (Å²) in [5.41, 5.74) is 2.00. The van der Waals surface area contributed by atoms with Gasteiger partial charge in [-0.1, -0.05) is 35.9 Å². The molecule has 6 heteroatoms. The smallest absolute Gasteiger partial charge is 0.253 e. The van der Waals surface area contributed by atoms with Gasteiger partial charge in [-0.25, -0.2) is 4.39 Å². The van der Waals surface area contributed by atoms with Crippen molar-refractivity contribution in [2.75, 3.05) is 26.2 Å². The molecule has 2 aliphatic heterocycles. The lowest BCUT2D eigenvalue weighted by molar-refractivity contribution is -0.0465. The average Bonchev–Trinajstić information content (AvgIpc) is 2.81. The summed E-state index contributed by atoms with van der Waals surface area (Å²) in [6.07, 6.45) is 2.02. The summed E-state index contributed by atoms with van der Waals surface area (Å²) in [6.45, 7) is 4.33. The highest BCUT2D eigenvalue weighted by Gasteiger charge is 2.45. The zero-order valence-corrected chi connectivity index (χ0v) is 19.1. The average molecular weight is 465 g/mol. The van der Waals surface area contributed by atoms with Crippen LogP contribution in [0.15, 0.2) is 72.8 Å². The second-order valence-electron chi connectivity index (χ2n) is 9.12. The fourth-order valence-corrected chi connectivity index (χ4v) is 5.01. The Morgan fingerprint density at radius 3 is 2.36 bits per heavy atom. The maximum atomic E-state index is 14.2. The Labute approximate surface area is 198 Å². The minimum absolute atomic E-state index is 0.0787. The Bertz CT molecular complexity index is 1120. The number of carbonyl (C=O) groups is 1. The highest BCUT2D eigenvalue weighted by Crippen LogP contribution is 2.41. The first-order valence-electron chi connectivity index (χ1n) is 11.3. The molecule has 0 saturated carbocycles. The van der Waals surface area contributed by atoms with Crippen LogP contribution in [0.25, 0.3) is 0 Å². The van der Waals surface area contributed by atoms with Crippen molar-refractivity contribution in [3.05, 3.63) is 94.8 Å². The molecule has 0 unspecified atom stereocenters. The first-order valence-corrected chi connectivity index (χ1v) is 11.7. The van der Waals surface area contributed by atoms with Crippen LogP contribution in [0.3, 0.4) is 0 Å².